The Balaban J connectivity index is 2.03. The smallest absolute Gasteiger partial charge is 0.133 e. The average molecular weight is 187 g/mol. The molecule has 1 heterocycles. The van der Waals surface area contributed by atoms with Crippen molar-refractivity contribution < 1.29 is 4.42 Å². The molecule has 1 aliphatic rings. The van der Waals surface area contributed by atoms with E-state index in [-0.39, 0.29) is 6.04 Å². The molecule has 2 N–H and O–H groups in total. The predicted octanol–water partition coefficient (Wildman–Crippen LogP) is 2.84. The van der Waals surface area contributed by atoms with Crippen molar-refractivity contribution in [3.63, 3.8) is 0 Å². The second-order valence-corrected chi connectivity index (χ2v) is 4.08. The summed E-state index contributed by atoms with van der Waals surface area (Å²) in [5.41, 5.74) is 8.31. The first-order chi connectivity index (χ1) is 6.84. The number of hydrogen-bond donors (Lipinski definition) is 1. The Bertz CT molecular complexity index is 456. The maximum atomic E-state index is 6.13. The molecular formula is C12H13NO. The van der Waals surface area contributed by atoms with Gasteiger partial charge in [0.25, 0.3) is 0 Å². The molecule has 0 spiro atoms. The Kier molecular flexibility index (Phi) is 1.64. The Labute approximate surface area is 82.7 Å². The molecule has 0 saturated heterocycles. The van der Waals surface area contributed by atoms with E-state index in [4.69, 9.17) is 10.2 Å². The molecule has 0 radical (unpaired) electrons. The minimum absolute atomic E-state index is 0.217. The molecular weight excluding hydrogens is 174 g/mol. The molecule has 0 bridgehead atoms. The topological polar surface area (TPSA) is 39.2 Å². The number of hydrogen-bond acceptors (Lipinski definition) is 2. The molecule has 1 aromatic carbocycles. The molecule has 1 fully saturated rings. The first-order valence-electron chi connectivity index (χ1n) is 5.07. The van der Waals surface area contributed by atoms with Gasteiger partial charge in [-0.25, -0.2) is 0 Å². The summed E-state index contributed by atoms with van der Waals surface area (Å²) in [6, 6.07) is 8.43. The third-order valence-corrected chi connectivity index (χ3v) is 2.99. The third kappa shape index (κ3) is 1.23. The Morgan fingerprint density at radius 2 is 2.14 bits per heavy atom. The minimum atomic E-state index is 0.217. The molecule has 1 aromatic heterocycles. The van der Waals surface area contributed by atoms with Crippen LogP contribution in [0, 0.1) is 5.92 Å². The number of nitrogens with two attached hydrogens (primary N) is 1. The van der Waals surface area contributed by atoms with Gasteiger partial charge in [-0.05, 0) is 42.5 Å². The first-order valence-corrected chi connectivity index (χ1v) is 5.07. The zero-order valence-electron chi connectivity index (χ0n) is 7.94. The molecule has 14 heavy (non-hydrogen) atoms. The van der Waals surface area contributed by atoms with Gasteiger partial charge in [0.05, 0.1) is 6.26 Å². The van der Waals surface area contributed by atoms with E-state index in [1.54, 1.807) is 6.26 Å². The molecule has 1 atom stereocenters. The van der Waals surface area contributed by atoms with Crippen LogP contribution in [-0.2, 0) is 0 Å². The SMILES string of the molecule is N[C@@H](c1ccc2occc2c1)C1CC1. The van der Waals surface area contributed by atoms with E-state index in [1.807, 2.05) is 12.1 Å². The molecule has 0 aliphatic heterocycles. The largest absolute Gasteiger partial charge is 0.464 e. The van der Waals surface area contributed by atoms with Gasteiger partial charge in [0, 0.05) is 11.4 Å². The molecule has 1 aliphatic carbocycles. The molecule has 2 nitrogen and oxygen atoms in total. The Hall–Kier alpha value is -1.28. The van der Waals surface area contributed by atoms with Crippen molar-refractivity contribution in [3.05, 3.63) is 36.1 Å². The lowest BCUT2D eigenvalue weighted by Crippen LogP contribution is -2.11. The highest BCUT2D eigenvalue weighted by Gasteiger charge is 2.29. The van der Waals surface area contributed by atoms with Gasteiger partial charge in [-0.1, -0.05) is 6.07 Å². The van der Waals surface area contributed by atoms with Gasteiger partial charge >= 0.3 is 0 Å². The fourth-order valence-corrected chi connectivity index (χ4v) is 1.92. The molecule has 0 unspecified atom stereocenters. The summed E-state index contributed by atoms with van der Waals surface area (Å²) in [7, 11) is 0. The molecule has 0 amide bonds. The fourth-order valence-electron chi connectivity index (χ4n) is 1.92. The molecule has 1 saturated carbocycles. The van der Waals surface area contributed by atoms with Crippen LogP contribution in [0.25, 0.3) is 11.0 Å². The van der Waals surface area contributed by atoms with Gasteiger partial charge in [0.2, 0.25) is 0 Å². The number of fused-ring (bicyclic) bond motifs is 1. The van der Waals surface area contributed by atoms with E-state index in [9.17, 15) is 0 Å². The van der Waals surface area contributed by atoms with E-state index >= 15 is 0 Å². The van der Waals surface area contributed by atoms with E-state index < -0.39 is 0 Å². The van der Waals surface area contributed by atoms with Crippen molar-refractivity contribution in [1.82, 2.24) is 0 Å². The highest BCUT2D eigenvalue weighted by molar-refractivity contribution is 5.77. The van der Waals surface area contributed by atoms with Crippen molar-refractivity contribution in [2.24, 2.45) is 11.7 Å². The van der Waals surface area contributed by atoms with E-state index in [1.165, 1.54) is 18.4 Å². The van der Waals surface area contributed by atoms with Crippen molar-refractivity contribution >= 4 is 11.0 Å². The molecule has 2 heteroatoms. The van der Waals surface area contributed by atoms with Crippen LogP contribution in [0.5, 0.6) is 0 Å². The van der Waals surface area contributed by atoms with Gasteiger partial charge in [0.15, 0.2) is 0 Å². The van der Waals surface area contributed by atoms with Crippen LogP contribution >= 0.6 is 0 Å². The summed E-state index contributed by atoms with van der Waals surface area (Å²) in [4.78, 5) is 0. The highest BCUT2D eigenvalue weighted by Crippen LogP contribution is 2.39. The first kappa shape index (κ1) is 8.06. The van der Waals surface area contributed by atoms with Crippen LogP contribution in [0.1, 0.15) is 24.4 Å². The maximum Gasteiger partial charge on any atom is 0.133 e. The van der Waals surface area contributed by atoms with E-state index in [0.717, 1.165) is 11.0 Å². The van der Waals surface area contributed by atoms with Gasteiger partial charge in [0.1, 0.15) is 5.58 Å². The van der Waals surface area contributed by atoms with Crippen molar-refractivity contribution in [2.45, 2.75) is 18.9 Å². The van der Waals surface area contributed by atoms with Crippen LogP contribution in [0.3, 0.4) is 0 Å². The fraction of sp³-hybridized carbons (Fsp3) is 0.333. The van der Waals surface area contributed by atoms with Crippen molar-refractivity contribution in [1.29, 1.82) is 0 Å². The minimum Gasteiger partial charge on any atom is -0.464 e. The zero-order valence-corrected chi connectivity index (χ0v) is 7.94. The van der Waals surface area contributed by atoms with Crippen LogP contribution in [0.2, 0.25) is 0 Å². The lowest BCUT2D eigenvalue weighted by atomic mass is 10.0. The second-order valence-electron chi connectivity index (χ2n) is 4.08. The quantitative estimate of drug-likeness (QED) is 0.785. The van der Waals surface area contributed by atoms with E-state index in [2.05, 4.69) is 12.1 Å². The van der Waals surface area contributed by atoms with Gasteiger partial charge in [-0.2, -0.15) is 0 Å². The van der Waals surface area contributed by atoms with Gasteiger partial charge < -0.3 is 10.2 Å². The molecule has 72 valence electrons. The summed E-state index contributed by atoms with van der Waals surface area (Å²) in [5, 5.41) is 1.15. The highest BCUT2D eigenvalue weighted by atomic mass is 16.3. The summed E-state index contributed by atoms with van der Waals surface area (Å²) in [6.45, 7) is 0. The third-order valence-electron chi connectivity index (χ3n) is 2.99. The monoisotopic (exact) mass is 187 g/mol. The van der Waals surface area contributed by atoms with E-state index in [0.29, 0.717) is 5.92 Å². The van der Waals surface area contributed by atoms with Crippen LogP contribution in [-0.4, -0.2) is 0 Å². The van der Waals surface area contributed by atoms with Gasteiger partial charge in [-0.15, -0.1) is 0 Å². The van der Waals surface area contributed by atoms with Crippen LogP contribution in [0.15, 0.2) is 34.9 Å². The second kappa shape index (κ2) is 2.85. The van der Waals surface area contributed by atoms with Crippen molar-refractivity contribution in [2.75, 3.05) is 0 Å². The summed E-state index contributed by atoms with van der Waals surface area (Å²) in [5.74, 6) is 0.708. The van der Waals surface area contributed by atoms with Crippen molar-refractivity contribution in [3.8, 4) is 0 Å². The number of rotatable bonds is 2. The van der Waals surface area contributed by atoms with Crippen LogP contribution < -0.4 is 5.73 Å². The van der Waals surface area contributed by atoms with Crippen LogP contribution in [0.4, 0.5) is 0 Å². The number of furan rings is 1. The maximum absolute atomic E-state index is 6.13. The van der Waals surface area contributed by atoms with Gasteiger partial charge in [-0.3, -0.25) is 0 Å². The Morgan fingerprint density at radius 1 is 1.29 bits per heavy atom. The predicted molar refractivity (Wildman–Crippen MR) is 55.9 cm³/mol. The lowest BCUT2D eigenvalue weighted by molar-refractivity contribution is 0.613. The molecule has 2 aromatic rings. The summed E-state index contributed by atoms with van der Waals surface area (Å²) in [6.07, 6.45) is 4.28. The summed E-state index contributed by atoms with van der Waals surface area (Å²) < 4.78 is 5.29. The summed E-state index contributed by atoms with van der Waals surface area (Å²) >= 11 is 0. The standard InChI is InChI=1S/C12H13NO/c13-12(8-1-2-8)10-3-4-11-9(7-10)5-6-14-11/h3-8,12H,1-2,13H2/t12-/m1/s1. The average Bonchev–Trinajstić information content (AvgIpc) is 2.95. The zero-order chi connectivity index (χ0) is 9.54. The number of benzene rings is 1. The molecule has 3 rings (SSSR count). The normalized spacial score (nSPS) is 18.6. The Morgan fingerprint density at radius 3 is 2.93 bits per heavy atom. The lowest BCUT2D eigenvalue weighted by Gasteiger charge is -2.09.